The van der Waals surface area contributed by atoms with Crippen molar-refractivity contribution in [3.05, 3.63) is 35.9 Å². The molecule has 0 amide bonds. The molecule has 1 saturated heterocycles. The van der Waals surface area contributed by atoms with Gasteiger partial charge in [-0.2, -0.15) is 0 Å². The minimum atomic E-state index is -0.215. The molecule has 1 N–H and O–H groups in total. The molecule has 1 fully saturated rings. The highest BCUT2D eigenvalue weighted by Crippen LogP contribution is 2.39. The van der Waals surface area contributed by atoms with Crippen LogP contribution in [0.5, 0.6) is 5.75 Å². The molecule has 1 aliphatic rings. The van der Waals surface area contributed by atoms with E-state index in [2.05, 4.69) is 12.6 Å². The van der Waals surface area contributed by atoms with Gasteiger partial charge in [0.05, 0.1) is 4.20 Å². The van der Waals surface area contributed by atoms with Gasteiger partial charge in [-0.15, -0.1) is 12.6 Å². The summed E-state index contributed by atoms with van der Waals surface area (Å²) in [5.74, 6) is 1.55. The highest BCUT2D eigenvalue weighted by Gasteiger charge is 2.16. The van der Waals surface area contributed by atoms with Crippen LogP contribution in [0.4, 0.5) is 0 Å². The van der Waals surface area contributed by atoms with Gasteiger partial charge in [-0.3, -0.25) is 4.79 Å². The van der Waals surface area contributed by atoms with Crippen LogP contribution in [0.2, 0.25) is 0 Å². The van der Waals surface area contributed by atoms with E-state index in [9.17, 15) is 9.90 Å². The van der Waals surface area contributed by atoms with Crippen molar-refractivity contribution in [1.82, 2.24) is 0 Å². The second-order valence-corrected chi connectivity index (χ2v) is 9.45. The van der Waals surface area contributed by atoms with E-state index in [1.807, 2.05) is 21.6 Å². The Hall–Kier alpha value is -0.630. The lowest BCUT2D eigenvalue weighted by Gasteiger charge is -2.07. The van der Waals surface area contributed by atoms with Crippen molar-refractivity contribution in [2.24, 2.45) is 0 Å². The van der Waals surface area contributed by atoms with Gasteiger partial charge in [0.25, 0.3) is 0 Å². The molecule has 2 rings (SSSR count). The summed E-state index contributed by atoms with van der Waals surface area (Å²) in [4.78, 5) is 11.9. The van der Waals surface area contributed by atoms with Gasteiger partial charge in [-0.05, 0) is 43.5 Å². The molecule has 3 nitrogen and oxygen atoms in total. The average molecular weight is 401 g/mol. The number of carbonyl (C=O) groups is 1. The molecule has 1 aromatic rings. The molecular weight excluding hydrogens is 380 g/mol. The van der Waals surface area contributed by atoms with Crippen molar-refractivity contribution in [2.75, 3.05) is 5.75 Å². The quantitative estimate of drug-likeness (QED) is 0.0883. The SMILES string of the molecule is O=C(CCCCC1CCSS1)Oc1ccc(/C(O)=C/C(=S)S)cc1. The van der Waals surface area contributed by atoms with Crippen LogP contribution >= 0.6 is 46.4 Å². The zero-order valence-corrected chi connectivity index (χ0v) is 16.5. The Balaban J connectivity index is 1.72. The van der Waals surface area contributed by atoms with E-state index in [0.717, 1.165) is 18.1 Å². The number of thiocarbonyl (C=S) groups is 1. The first-order chi connectivity index (χ1) is 11.5. The summed E-state index contributed by atoms with van der Waals surface area (Å²) in [7, 11) is 3.92. The maximum atomic E-state index is 11.9. The maximum absolute atomic E-state index is 11.9. The Bertz CT molecular complexity index is 592. The summed E-state index contributed by atoms with van der Waals surface area (Å²) in [5, 5.41) is 10.6. The number of esters is 1. The zero-order valence-electron chi connectivity index (χ0n) is 13.1. The first kappa shape index (κ1) is 19.7. The van der Waals surface area contributed by atoms with Gasteiger partial charge in [0.15, 0.2) is 0 Å². The van der Waals surface area contributed by atoms with Gasteiger partial charge in [0, 0.05) is 29.1 Å². The Morgan fingerprint density at radius 1 is 1.38 bits per heavy atom. The Morgan fingerprint density at radius 3 is 2.75 bits per heavy atom. The van der Waals surface area contributed by atoms with Crippen molar-refractivity contribution in [3.8, 4) is 5.75 Å². The number of thiol groups is 1. The van der Waals surface area contributed by atoms with Crippen molar-refractivity contribution in [2.45, 2.75) is 37.4 Å². The molecule has 0 bridgehead atoms. The Morgan fingerprint density at radius 2 is 2.12 bits per heavy atom. The molecule has 0 aliphatic carbocycles. The molecule has 1 atom stereocenters. The summed E-state index contributed by atoms with van der Waals surface area (Å²) in [6.45, 7) is 0. The lowest BCUT2D eigenvalue weighted by molar-refractivity contribution is -0.134. The first-order valence-electron chi connectivity index (χ1n) is 7.77. The van der Waals surface area contributed by atoms with E-state index in [0.29, 0.717) is 21.9 Å². The Labute approximate surface area is 161 Å². The molecule has 7 heteroatoms. The predicted octanol–water partition coefficient (Wildman–Crippen LogP) is 5.46. The van der Waals surface area contributed by atoms with Crippen LogP contribution in [0.3, 0.4) is 0 Å². The van der Waals surface area contributed by atoms with Gasteiger partial charge in [0.1, 0.15) is 11.5 Å². The van der Waals surface area contributed by atoms with Gasteiger partial charge in [0.2, 0.25) is 0 Å². The van der Waals surface area contributed by atoms with Crippen molar-refractivity contribution in [1.29, 1.82) is 0 Å². The average Bonchev–Trinajstić information content (AvgIpc) is 3.05. The van der Waals surface area contributed by atoms with E-state index in [-0.39, 0.29) is 11.7 Å². The molecule has 1 aromatic carbocycles. The van der Waals surface area contributed by atoms with Crippen LogP contribution in [0.25, 0.3) is 5.76 Å². The molecule has 0 spiro atoms. The summed E-state index contributed by atoms with van der Waals surface area (Å²) in [6.07, 6.45) is 6.21. The minimum Gasteiger partial charge on any atom is -0.507 e. The fourth-order valence-corrected chi connectivity index (χ4v) is 5.54. The first-order valence-corrected chi connectivity index (χ1v) is 11.0. The van der Waals surface area contributed by atoms with Gasteiger partial charge >= 0.3 is 5.97 Å². The summed E-state index contributed by atoms with van der Waals surface area (Å²) in [6, 6.07) is 6.67. The fraction of sp³-hybridized carbons (Fsp3) is 0.412. The standard InChI is InChI=1S/C17H20O3S4/c18-15(11-17(21)22)12-5-7-13(8-6-12)20-16(19)4-2-1-3-14-9-10-23-24-14/h5-8,11,14,18H,1-4,9-10H2,(H,21,22)/b15-11-. The molecular formula is C17H20O3S4. The number of hydrogen-bond donors (Lipinski definition) is 2. The van der Waals surface area contributed by atoms with Crippen LogP contribution in [0.1, 0.15) is 37.7 Å². The summed E-state index contributed by atoms with van der Waals surface area (Å²) < 4.78 is 5.62. The zero-order chi connectivity index (χ0) is 17.4. The molecule has 24 heavy (non-hydrogen) atoms. The largest absolute Gasteiger partial charge is 0.507 e. The molecule has 1 heterocycles. The molecule has 0 radical (unpaired) electrons. The molecule has 1 aliphatic heterocycles. The number of benzene rings is 1. The fourth-order valence-electron chi connectivity index (χ4n) is 2.28. The topological polar surface area (TPSA) is 46.5 Å². The highest BCUT2D eigenvalue weighted by atomic mass is 33.1. The molecule has 0 aromatic heterocycles. The van der Waals surface area contributed by atoms with Crippen LogP contribution < -0.4 is 4.74 Å². The van der Waals surface area contributed by atoms with Crippen LogP contribution in [0.15, 0.2) is 30.3 Å². The number of ether oxygens (including phenoxy) is 1. The van der Waals surface area contributed by atoms with E-state index in [1.165, 1.54) is 24.7 Å². The van der Waals surface area contributed by atoms with Crippen molar-refractivity contribution < 1.29 is 14.6 Å². The summed E-state index contributed by atoms with van der Waals surface area (Å²) in [5.41, 5.74) is 0.595. The van der Waals surface area contributed by atoms with Crippen molar-refractivity contribution >= 4 is 62.4 Å². The number of unbranched alkanes of at least 4 members (excludes halogenated alkanes) is 1. The third-order valence-electron chi connectivity index (χ3n) is 3.53. The van der Waals surface area contributed by atoms with Crippen LogP contribution in [-0.4, -0.2) is 26.3 Å². The van der Waals surface area contributed by atoms with E-state index in [1.54, 1.807) is 24.3 Å². The van der Waals surface area contributed by atoms with Crippen LogP contribution in [0, 0.1) is 0 Å². The molecule has 0 saturated carbocycles. The molecule has 130 valence electrons. The summed E-state index contributed by atoms with van der Waals surface area (Å²) >= 11 is 8.74. The van der Waals surface area contributed by atoms with E-state index >= 15 is 0 Å². The third-order valence-corrected chi connectivity index (χ3v) is 6.78. The van der Waals surface area contributed by atoms with Gasteiger partial charge in [-0.25, -0.2) is 0 Å². The Kier molecular flexibility index (Phi) is 8.52. The number of carbonyl (C=O) groups excluding carboxylic acids is 1. The monoisotopic (exact) mass is 400 g/mol. The van der Waals surface area contributed by atoms with E-state index in [4.69, 9.17) is 17.0 Å². The number of rotatable bonds is 8. The minimum absolute atomic E-state index is 0.0378. The van der Waals surface area contributed by atoms with Crippen molar-refractivity contribution in [3.63, 3.8) is 0 Å². The second kappa shape index (κ2) is 10.4. The normalized spacial score (nSPS) is 17.7. The lowest BCUT2D eigenvalue weighted by atomic mass is 10.1. The lowest BCUT2D eigenvalue weighted by Crippen LogP contribution is -2.08. The number of aliphatic hydroxyl groups excluding tert-OH is 1. The number of aliphatic hydroxyl groups is 1. The number of hydrogen-bond acceptors (Lipinski definition) is 6. The molecule has 1 unspecified atom stereocenters. The van der Waals surface area contributed by atoms with Gasteiger partial charge in [-0.1, -0.05) is 40.2 Å². The smallest absolute Gasteiger partial charge is 0.311 e. The van der Waals surface area contributed by atoms with E-state index < -0.39 is 0 Å². The highest BCUT2D eigenvalue weighted by molar-refractivity contribution is 8.77. The maximum Gasteiger partial charge on any atom is 0.311 e. The van der Waals surface area contributed by atoms with Gasteiger partial charge < -0.3 is 9.84 Å². The third kappa shape index (κ3) is 7.09. The predicted molar refractivity (Wildman–Crippen MR) is 111 cm³/mol. The second-order valence-electron chi connectivity index (χ2n) is 5.44. The van der Waals surface area contributed by atoms with Crippen LogP contribution in [-0.2, 0) is 4.79 Å².